The summed E-state index contributed by atoms with van der Waals surface area (Å²) in [5.41, 5.74) is 3.86. The number of nitriles is 1. The molecule has 25 heavy (non-hydrogen) atoms. The van der Waals surface area contributed by atoms with E-state index in [1.807, 2.05) is 0 Å². The molecule has 0 unspecified atom stereocenters. The third-order valence-corrected chi connectivity index (χ3v) is 4.09. The molecule has 0 spiro atoms. The molecule has 2 N–H and O–H groups in total. The zero-order valence-corrected chi connectivity index (χ0v) is 13.2. The summed E-state index contributed by atoms with van der Waals surface area (Å²) in [6.45, 7) is 0. The molecule has 2 aromatic rings. The van der Waals surface area contributed by atoms with E-state index in [0.29, 0.717) is 6.07 Å². The molecule has 9 heteroatoms. The minimum Gasteiger partial charge on any atom is -0.423 e. The molecule has 0 amide bonds. The van der Waals surface area contributed by atoms with Crippen molar-refractivity contribution in [2.24, 2.45) is 19.8 Å². The molecule has 1 aliphatic rings. The molecule has 3 rings (SSSR count). The van der Waals surface area contributed by atoms with Crippen LogP contribution in [0.4, 0.5) is 8.78 Å². The lowest BCUT2D eigenvalue weighted by molar-refractivity contribution is 0.347. The van der Waals surface area contributed by atoms with Crippen molar-refractivity contribution in [3.05, 3.63) is 73.3 Å². The van der Waals surface area contributed by atoms with Crippen LogP contribution >= 0.6 is 0 Å². The third-order valence-electron chi connectivity index (χ3n) is 4.09. The first-order chi connectivity index (χ1) is 11.8. The van der Waals surface area contributed by atoms with Crippen molar-refractivity contribution >= 4 is 0 Å². The van der Waals surface area contributed by atoms with E-state index in [1.54, 1.807) is 6.07 Å². The second-order valence-corrected chi connectivity index (χ2v) is 5.52. The Balaban J connectivity index is 2.45. The number of ether oxygens (including phenoxy) is 1. The molecule has 2 heterocycles. The summed E-state index contributed by atoms with van der Waals surface area (Å²) in [5, 5.41) is 9.41. The van der Waals surface area contributed by atoms with Gasteiger partial charge in [0.1, 0.15) is 23.3 Å². The van der Waals surface area contributed by atoms with Gasteiger partial charge in [0.05, 0.1) is 11.5 Å². The predicted octanol–water partition coefficient (Wildman–Crippen LogP) is 0.580. The molecule has 0 bridgehead atoms. The Morgan fingerprint density at radius 3 is 2.52 bits per heavy atom. The van der Waals surface area contributed by atoms with E-state index in [1.165, 1.54) is 14.1 Å². The zero-order chi connectivity index (χ0) is 18.5. The molecule has 7 nitrogen and oxygen atoms in total. The van der Waals surface area contributed by atoms with Gasteiger partial charge in [0.25, 0.3) is 5.56 Å². The lowest BCUT2D eigenvalue weighted by Gasteiger charge is -2.27. The van der Waals surface area contributed by atoms with E-state index in [9.17, 15) is 23.6 Å². The number of hydrogen-bond donors (Lipinski definition) is 1. The van der Waals surface area contributed by atoms with Gasteiger partial charge >= 0.3 is 5.69 Å². The van der Waals surface area contributed by atoms with Crippen molar-refractivity contribution in [3.63, 3.8) is 0 Å². The molecular weight excluding hydrogens is 334 g/mol. The van der Waals surface area contributed by atoms with Crippen LogP contribution in [0.5, 0.6) is 5.88 Å². The van der Waals surface area contributed by atoms with Gasteiger partial charge in [-0.05, 0) is 6.07 Å². The lowest BCUT2D eigenvalue weighted by Crippen LogP contribution is -2.42. The Hall–Kier alpha value is -3.41. The maximum atomic E-state index is 14.3. The third kappa shape index (κ3) is 2.30. The van der Waals surface area contributed by atoms with Gasteiger partial charge in [0, 0.05) is 25.7 Å². The van der Waals surface area contributed by atoms with Crippen LogP contribution in [0.15, 0.2) is 39.2 Å². The van der Waals surface area contributed by atoms with Crippen LogP contribution in [0.2, 0.25) is 0 Å². The predicted molar refractivity (Wildman–Crippen MR) is 82.6 cm³/mol. The van der Waals surface area contributed by atoms with E-state index in [0.717, 1.165) is 21.3 Å². The Morgan fingerprint density at radius 2 is 1.92 bits per heavy atom. The average Bonchev–Trinajstić information content (AvgIpc) is 2.57. The molecule has 0 saturated carbocycles. The van der Waals surface area contributed by atoms with Crippen molar-refractivity contribution in [1.82, 2.24) is 9.13 Å². The van der Waals surface area contributed by atoms with Gasteiger partial charge < -0.3 is 10.5 Å². The first-order valence-corrected chi connectivity index (χ1v) is 7.10. The van der Waals surface area contributed by atoms with Crippen molar-refractivity contribution in [3.8, 4) is 11.9 Å². The highest BCUT2D eigenvalue weighted by atomic mass is 19.1. The lowest BCUT2D eigenvalue weighted by atomic mass is 9.84. The minimum absolute atomic E-state index is 0.124. The summed E-state index contributed by atoms with van der Waals surface area (Å²) in [7, 11) is 2.60. The van der Waals surface area contributed by atoms with E-state index >= 15 is 0 Å². The van der Waals surface area contributed by atoms with Crippen molar-refractivity contribution < 1.29 is 13.5 Å². The van der Waals surface area contributed by atoms with Crippen LogP contribution in [-0.2, 0) is 14.1 Å². The highest BCUT2D eigenvalue weighted by Gasteiger charge is 2.37. The molecule has 128 valence electrons. The smallest absolute Gasteiger partial charge is 0.333 e. The van der Waals surface area contributed by atoms with Crippen LogP contribution in [0.1, 0.15) is 17.0 Å². The molecular formula is C16H12F2N4O3. The minimum atomic E-state index is -1.22. The second kappa shape index (κ2) is 5.59. The number of allylic oxidation sites excluding steroid dienone is 1. The average molecular weight is 346 g/mol. The summed E-state index contributed by atoms with van der Waals surface area (Å²) < 4.78 is 34.7. The van der Waals surface area contributed by atoms with Gasteiger partial charge in [0.15, 0.2) is 0 Å². The molecule has 1 atom stereocenters. The van der Waals surface area contributed by atoms with Crippen LogP contribution in [-0.4, -0.2) is 9.13 Å². The van der Waals surface area contributed by atoms with E-state index < -0.39 is 28.8 Å². The maximum Gasteiger partial charge on any atom is 0.333 e. The monoisotopic (exact) mass is 346 g/mol. The number of nitrogens with two attached hydrogens (primary N) is 1. The standard InChI is InChI=1S/C16H12F2N4O3/c1-21-14(23)12-11(8-4-3-7(17)5-10(8)18)9(6-19)13(20)25-15(12)22(2)16(21)24/h3-5,11H,20H2,1-2H3/t11-/m0/s1. The number of halogens is 2. The fourth-order valence-electron chi connectivity index (χ4n) is 2.83. The summed E-state index contributed by atoms with van der Waals surface area (Å²) in [6, 6.07) is 4.57. The zero-order valence-electron chi connectivity index (χ0n) is 13.2. The Morgan fingerprint density at radius 1 is 1.24 bits per heavy atom. The maximum absolute atomic E-state index is 14.3. The van der Waals surface area contributed by atoms with Crippen LogP contribution in [0, 0.1) is 23.0 Å². The number of benzene rings is 1. The number of nitrogens with zero attached hydrogens (tertiary/aromatic N) is 3. The van der Waals surface area contributed by atoms with Gasteiger partial charge in [-0.3, -0.25) is 13.9 Å². The summed E-state index contributed by atoms with van der Waals surface area (Å²) in [4.78, 5) is 24.7. The van der Waals surface area contributed by atoms with Gasteiger partial charge in [0.2, 0.25) is 11.8 Å². The molecule has 1 aliphatic heterocycles. The van der Waals surface area contributed by atoms with E-state index in [4.69, 9.17) is 10.5 Å². The van der Waals surface area contributed by atoms with Crippen LogP contribution < -0.4 is 21.7 Å². The van der Waals surface area contributed by atoms with Gasteiger partial charge in [-0.1, -0.05) is 6.07 Å². The SMILES string of the molecule is Cn1c2c(c(=O)n(C)c1=O)[C@@H](c1ccc(F)cc1F)C(C#N)=C(N)O2. The van der Waals surface area contributed by atoms with Crippen molar-refractivity contribution in [2.45, 2.75) is 5.92 Å². The van der Waals surface area contributed by atoms with E-state index in [-0.39, 0.29) is 28.5 Å². The first-order valence-electron chi connectivity index (χ1n) is 7.10. The van der Waals surface area contributed by atoms with E-state index in [2.05, 4.69) is 0 Å². The second-order valence-electron chi connectivity index (χ2n) is 5.52. The van der Waals surface area contributed by atoms with Crippen molar-refractivity contribution in [1.29, 1.82) is 5.26 Å². The van der Waals surface area contributed by atoms with Gasteiger partial charge in [-0.25, -0.2) is 13.6 Å². The molecule has 0 aliphatic carbocycles. The molecule has 1 aromatic heterocycles. The number of aromatic nitrogens is 2. The highest BCUT2D eigenvalue weighted by molar-refractivity contribution is 5.53. The molecule has 0 saturated heterocycles. The quantitative estimate of drug-likeness (QED) is 0.814. The van der Waals surface area contributed by atoms with Crippen molar-refractivity contribution in [2.75, 3.05) is 0 Å². The Labute approximate surface area is 139 Å². The van der Waals surface area contributed by atoms with Crippen LogP contribution in [0.3, 0.4) is 0 Å². The molecule has 0 fully saturated rings. The molecule has 1 aromatic carbocycles. The summed E-state index contributed by atoms with van der Waals surface area (Å²) in [5.74, 6) is -3.52. The highest BCUT2D eigenvalue weighted by Crippen LogP contribution is 2.40. The number of fused-ring (bicyclic) bond motifs is 1. The summed E-state index contributed by atoms with van der Waals surface area (Å²) >= 11 is 0. The Bertz CT molecular complexity index is 1090. The fraction of sp³-hybridized carbons (Fsp3) is 0.188. The summed E-state index contributed by atoms with van der Waals surface area (Å²) in [6.07, 6.45) is 0. The van der Waals surface area contributed by atoms with Crippen LogP contribution in [0.25, 0.3) is 0 Å². The Kier molecular flexibility index (Phi) is 3.68. The normalized spacial score (nSPS) is 16.2. The largest absolute Gasteiger partial charge is 0.423 e. The number of rotatable bonds is 1. The van der Waals surface area contributed by atoms with Gasteiger partial charge in [-0.15, -0.1) is 0 Å². The molecule has 0 radical (unpaired) electrons. The fourth-order valence-corrected chi connectivity index (χ4v) is 2.83. The topological polar surface area (TPSA) is 103 Å². The van der Waals surface area contributed by atoms with Gasteiger partial charge in [-0.2, -0.15) is 5.26 Å². The number of hydrogen-bond acceptors (Lipinski definition) is 5. The first kappa shape index (κ1) is 16.4.